The maximum atomic E-state index is 12.0. The molecule has 3 atom stereocenters. The summed E-state index contributed by atoms with van der Waals surface area (Å²) in [7, 11) is 0. The zero-order valence-electron chi connectivity index (χ0n) is 15.5. The Morgan fingerprint density at radius 1 is 1.35 bits per heavy atom. The van der Waals surface area contributed by atoms with Gasteiger partial charge in [-0.15, -0.1) is 0 Å². The van der Waals surface area contributed by atoms with Crippen LogP contribution < -0.4 is 0 Å². The van der Waals surface area contributed by atoms with Crippen molar-refractivity contribution >= 4 is 23.4 Å². The lowest BCUT2D eigenvalue weighted by atomic mass is 9.89. The second-order valence-corrected chi connectivity index (χ2v) is 7.58. The van der Waals surface area contributed by atoms with Gasteiger partial charge in [0.05, 0.1) is 5.60 Å². The van der Waals surface area contributed by atoms with Crippen LogP contribution in [0.3, 0.4) is 0 Å². The number of unbranched alkanes of at least 4 members (excludes halogenated alkanes) is 1. The van der Waals surface area contributed by atoms with Gasteiger partial charge in [0.15, 0.2) is 5.78 Å². The summed E-state index contributed by atoms with van der Waals surface area (Å²) in [6.07, 6.45) is 16.2. The van der Waals surface area contributed by atoms with E-state index >= 15 is 0 Å². The number of hydrogen-bond donors (Lipinski definition) is 2. The molecule has 0 fully saturated rings. The van der Waals surface area contributed by atoms with E-state index < -0.39 is 11.6 Å². The molecule has 0 saturated carbocycles. The summed E-state index contributed by atoms with van der Waals surface area (Å²) in [5, 5.41) is 19.7. The van der Waals surface area contributed by atoms with Crippen molar-refractivity contribution in [1.29, 1.82) is 0 Å². The van der Waals surface area contributed by atoms with E-state index in [1.807, 2.05) is 30.4 Å². The lowest BCUT2D eigenvalue weighted by Crippen LogP contribution is -2.21. The van der Waals surface area contributed by atoms with Crippen LogP contribution in [0.2, 0.25) is 0 Å². The average Bonchev–Trinajstić information content (AvgIpc) is 2.88. The molecule has 1 aliphatic rings. The van der Waals surface area contributed by atoms with Gasteiger partial charge in [0.25, 0.3) is 0 Å². The van der Waals surface area contributed by atoms with Gasteiger partial charge in [-0.3, -0.25) is 9.59 Å². The molecular formula is C21H29ClO4. The predicted molar refractivity (Wildman–Crippen MR) is 105 cm³/mol. The standard InChI is InChI=1S/C21H29ClO4/c1-16(22)8-7-14-21(2,26)15-13-17-11-12-19(23)18(17)9-5-3-4-6-10-20(24)25/h3,5,8,11-13,15,17-18,26H,4,6-7,9-10,14H2,1-2H3,(H,24,25)/b5-3-,15-13+,16-8-/t17-,18+,21?/m0/s1. The maximum Gasteiger partial charge on any atom is 0.303 e. The molecule has 26 heavy (non-hydrogen) atoms. The fourth-order valence-electron chi connectivity index (χ4n) is 2.82. The normalized spacial score (nSPS) is 23.2. The van der Waals surface area contributed by atoms with E-state index in [9.17, 15) is 14.7 Å². The largest absolute Gasteiger partial charge is 0.481 e. The van der Waals surface area contributed by atoms with Crippen LogP contribution in [0.25, 0.3) is 0 Å². The number of carboxylic acids is 1. The van der Waals surface area contributed by atoms with Crippen molar-refractivity contribution in [1.82, 2.24) is 0 Å². The zero-order valence-corrected chi connectivity index (χ0v) is 16.3. The highest BCUT2D eigenvalue weighted by atomic mass is 35.5. The van der Waals surface area contributed by atoms with E-state index in [0.717, 1.165) is 0 Å². The van der Waals surface area contributed by atoms with Gasteiger partial charge in [-0.1, -0.05) is 48.1 Å². The summed E-state index contributed by atoms with van der Waals surface area (Å²) in [5.41, 5.74) is -0.945. The van der Waals surface area contributed by atoms with E-state index in [1.165, 1.54) is 0 Å². The van der Waals surface area contributed by atoms with Gasteiger partial charge in [0, 0.05) is 23.3 Å². The number of ketones is 1. The third kappa shape index (κ3) is 9.16. The van der Waals surface area contributed by atoms with Crippen LogP contribution in [0.4, 0.5) is 0 Å². The van der Waals surface area contributed by atoms with Crippen molar-refractivity contribution in [3.05, 3.63) is 47.6 Å². The third-order valence-electron chi connectivity index (χ3n) is 4.38. The first-order chi connectivity index (χ1) is 12.2. The molecule has 0 bridgehead atoms. The van der Waals surface area contributed by atoms with Gasteiger partial charge in [-0.2, -0.15) is 0 Å². The molecule has 0 aromatic rings. The minimum absolute atomic E-state index is 0.0250. The number of allylic oxidation sites excluding steroid dienone is 7. The Kier molecular flexibility index (Phi) is 9.60. The summed E-state index contributed by atoms with van der Waals surface area (Å²) in [5.74, 6) is -0.872. The van der Waals surface area contributed by atoms with E-state index in [-0.39, 0.29) is 24.0 Å². The topological polar surface area (TPSA) is 74.6 Å². The Hall–Kier alpha value is -1.65. The lowest BCUT2D eigenvalue weighted by Gasteiger charge is -2.20. The fraction of sp³-hybridized carbons (Fsp3) is 0.524. The molecule has 0 aromatic carbocycles. The molecule has 5 heteroatoms. The van der Waals surface area contributed by atoms with Crippen molar-refractivity contribution in [2.75, 3.05) is 0 Å². The van der Waals surface area contributed by atoms with Crippen LogP contribution in [0.5, 0.6) is 0 Å². The number of aliphatic hydroxyl groups is 1. The van der Waals surface area contributed by atoms with Crippen molar-refractivity contribution in [3.8, 4) is 0 Å². The Morgan fingerprint density at radius 2 is 2.08 bits per heavy atom. The number of aliphatic carboxylic acids is 1. The van der Waals surface area contributed by atoms with Crippen LogP contribution in [-0.2, 0) is 9.59 Å². The van der Waals surface area contributed by atoms with E-state index in [0.29, 0.717) is 37.1 Å². The summed E-state index contributed by atoms with van der Waals surface area (Å²) < 4.78 is 0. The van der Waals surface area contributed by atoms with Crippen LogP contribution in [0, 0.1) is 11.8 Å². The molecule has 1 unspecified atom stereocenters. The average molecular weight is 381 g/mol. The highest BCUT2D eigenvalue weighted by molar-refractivity contribution is 6.29. The van der Waals surface area contributed by atoms with Gasteiger partial charge in [0.1, 0.15) is 0 Å². The number of carbonyl (C=O) groups excluding carboxylic acids is 1. The van der Waals surface area contributed by atoms with Gasteiger partial charge < -0.3 is 10.2 Å². The Labute approximate surface area is 160 Å². The lowest BCUT2D eigenvalue weighted by molar-refractivity contribution is -0.137. The van der Waals surface area contributed by atoms with Crippen molar-refractivity contribution in [2.24, 2.45) is 11.8 Å². The second kappa shape index (κ2) is 11.1. The van der Waals surface area contributed by atoms with Crippen molar-refractivity contribution < 1.29 is 19.8 Å². The number of carboxylic acid groups (broad SMARTS) is 1. The third-order valence-corrected chi connectivity index (χ3v) is 4.54. The van der Waals surface area contributed by atoms with Crippen molar-refractivity contribution in [2.45, 2.75) is 58.0 Å². The zero-order chi connectivity index (χ0) is 19.6. The van der Waals surface area contributed by atoms with Gasteiger partial charge in [-0.25, -0.2) is 0 Å². The molecule has 2 N–H and O–H groups in total. The fourth-order valence-corrected chi connectivity index (χ4v) is 2.93. The van der Waals surface area contributed by atoms with Gasteiger partial charge in [0.2, 0.25) is 0 Å². The van der Waals surface area contributed by atoms with Crippen LogP contribution >= 0.6 is 11.6 Å². The summed E-state index contributed by atoms with van der Waals surface area (Å²) in [6, 6.07) is 0. The minimum atomic E-state index is -0.945. The molecule has 0 amide bonds. The quantitative estimate of drug-likeness (QED) is 0.399. The molecule has 1 rings (SSSR count). The predicted octanol–water partition coefficient (Wildman–Crippen LogP) is 4.79. The molecule has 0 radical (unpaired) electrons. The number of rotatable bonds is 11. The number of hydrogen-bond acceptors (Lipinski definition) is 3. The highest BCUT2D eigenvalue weighted by Gasteiger charge is 2.28. The van der Waals surface area contributed by atoms with Crippen molar-refractivity contribution in [3.63, 3.8) is 0 Å². The molecule has 144 valence electrons. The first-order valence-corrected chi connectivity index (χ1v) is 9.42. The number of carbonyl (C=O) groups is 2. The maximum absolute atomic E-state index is 12.0. The Morgan fingerprint density at radius 3 is 2.73 bits per heavy atom. The van der Waals surface area contributed by atoms with E-state index in [2.05, 4.69) is 0 Å². The number of halogens is 1. The highest BCUT2D eigenvalue weighted by Crippen LogP contribution is 2.28. The van der Waals surface area contributed by atoms with E-state index in [4.69, 9.17) is 16.7 Å². The SMILES string of the molecule is C/C(Cl)=C/CCC(C)(O)/C=C/[C@@H]1C=CC(=O)[C@@H]1C/C=C\CCCC(=O)O. The van der Waals surface area contributed by atoms with Gasteiger partial charge in [-0.05, 0) is 52.0 Å². The summed E-state index contributed by atoms with van der Waals surface area (Å²) >= 11 is 5.80. The van der Waals surface area contributed by atoms with E-state index in [1.54, 1.807) is 26.0 Å². The van der Waals surface area contributed by atoms with Crippen LogP contribution in [0.15, 0.2) is 47.6 Å². The first kappa shape index (κ1) is 22.4. The van der Waals surface area contributed by atoms with Crippen LogP contribution in [-0.4, -0.2) is 27.6 Å². The Balaban J connectivity index is 2.52. The van der Waals surface area contributed by atoms with Gasteiger partial charge >= 0.3 is 5.97 Å². The monoisotopic (exact) mass is 380 g/mol. The molecule has 0 heterocycles. The molecule has 0 aromatic heterocycles. The summed E-state index contributed by atoms with van der Waals surface area (Å²) in [6.45, 7) is 3.56. The van der Waals surface area contributed by atoms with Crippen LogP contribution in [0.1, 0.15) is 52.4 Å². The Bertz CT molecular complexity index is 595. The molecule has 0 spiro atoms. The molecule has 0 aliphatic heterocycles. The second-order valence-electron chi connectivity index (χ2n) is 6.98. The first-order valence-electron chi connectivity index (χ1n) is 9.04. The molecular weight excluding hydrogens is 352 g/mol. The summed E-state index contributed by atoms with van der Waals surface area (Å²) in [4.78, 5) is 22.5. The minimum Gasteiger partial charge on any atom is -0.481 e. The molecule has 0 saturated heterocycles. The molecule has 1 aliphatic carbocycles. The molecule has 4 nitrogen and oxygen atoms in total. The smallest absolute Gasteiger partial charge is 0.303 e.